The molecule has 3 heterocycles. The van der Waals surface area contributed by atoms with Crippen LogP contribution in [-0.4, -0.2) is 52.3 Å². The number of fused-ring (bicyclic) bond motifs is 1. The van der Waals surface area contributed by atoms with Crippen LogP contribution in [0.25, 0.3) is 22.2 Å². The summed E-state index contributed by atoms with van der Waals surface area (Å²) in [6, 6.07) is 18.4. The molecule has 186 valence electrons. The third kappa shape index (κ3) is 4.56. The molecular weight excluding hydrogens is 450 g/mol. The van der Waals surface area contributed by atoms with E-state index in [9.17, 15) is 0 Å². The molecule has 6 rings (SSSR count). The van der Waals surface area contributed by atoms with Crippen molar-refractivity contribution in [2.24, 2.45) is 5.92 Å². The van der Waals surface area contributed by atoms with E-state index >= 15 is 0 Å². The van der Waals surface area contributed by atoms with Gasteiger partial charge in [-0.3, -0.25) is 0 Å². The fourth-order valence-corrected chi connectivity index (χ4v) is 5.78. The van der Waals surface area contributed by atoms with Crippen LogP contribution < -0.4 is 10.5 Å². The monoisotopic (exact) mass is 483 g/mol. The summed E-state index contributed by atoms with van der Waals surface area (Å²) in [7, 11) is 2.19. The van der Waals surface area contributed by atoms with Gasteiger partial charge in [0, 0.05) is 30.9 Å². The third-order valence-electron chi connectivity index (χ3n) is 7.74. The summed E-state index contributed by atoms with van der Waals surface area (Å²) in [6.45, 7) is 2.92. The van der Waals surface area contributed by atoms with Crippen LogP contribution in [0.2, 0.25) is 0 Å². The predicted molar refractivity (Wildman–Crippen MR) is 142 cm³/mol. The van der Waals surface area contributed by atoms with Gasteiger partial charge in [0.25, 0.3) is 0 Å². The number of aromatic nitrogens is 3. The molecule has 0 amide bonds. The topological polar surface area (TPSA) is 78.4 Å². The van der Waals surface area contributed by atoms with Crippen LogP contribution in [0.3, 0.4) is 0 Å². The van der Waals surface area contributed by atoms with Gasteiger partial charge in [-0.2, -0.15) is 0 Å². The third-order valence-corrected chi connectivity index (χ3v) is 7.74. The van der Waals surface area contributed by atoms with Gasteiger partial charge in [-0.1, -0.05) is 30.3 Å². The highest BCUT2D eigenvalue weighted by Crippen LogP contribution is 2.41. The highest BCUT2D eigenvalue weighted by molar-refractivity contribution is 6.00. The molecule has 0 spiro atoms. The smallest absolute Gasteiger partial charge is 0.146 e. The number of anilines is 1. The first-order valence-electron chi connectivity index (χ1n) is 12.9. The van der Waals surface area contributed by atoms with Gasteiger partial charge in [0.05, 0.1) is 18.1 Å². The van der Waals surface area contributed by atoms with E-state index in [0.717, 1.165) is 66.2 Å². The van der Waals surface area contributed by atoms with Gasteiger partial charge in [0.2, 0.25) is 0 Å². The lowest BCUT2D eigenvalue weighted by Gasteiger charge is -2.38. The predicted octanol–water partition coefficient (Wildman–Crippen LogP) is 5.53. The minimum absolute atomic E-state index is 0.358. The lowest BCUT2D eigenvalue weighted by Crippen LogP contribution is -2.44. The number of ether oxygens (including phenoxy) is 2. The average molecular weight is 484 g/mol. The Balaban J connectivity index is 1.25. The van der Waals surface area contributed by atoms with Crippen molar-refractivity contribution in [1.29, 1.82) is 0 Å². The molecule has 1 atom stereocenters. The van der Waals surface area contributed by atoms with E-state index in [0.29, 0.717) is 23.9 Å². The van der Waals surface area contributed by atoms with E-state index in [4.69, 9.17) is 15.2 Å². The van der Waals surface area contributed by atoms with Crippen LogP contribution in [0.4, 0.5) is 5.82 Å². The molecule has 1 saturated carbocycles. The standard InChI is InChI=1S/C29H33N5O2/c1-33-15-16-35-26(18-33)21-7-11-22(12-8-21)34-17-25(27-28(30)31-19-32-29(27)34)20-9-13-24(14-10-20)36-23-5-3-2-4-6-23/h2-6,9-10,13-14,17,19,21-22,26H,7-8,11-12,15-16,18H2,1H3,(H2,30,31,32). The second-order valence-corrected chi connectivity index (χ2v) is 10.1. The Hall–Kier alpha value is -3.42. The number of nitrogens with zero attached hydrogens (tertiary/aromatic N) is 4. The number of likely N-dealkylation sites (N-methyl/N-ethyl adjacent to an activating group) is 1. The highest BCUT2D eigenvalue weighted by Gasteiger charge is 2.32. The number of nitrogens with two attached hydrogens (primary N) is 1. The minimum Gasteiger partial charge on any atom is -0.457 e. The molecule has 7 nitrogen and oxygen atoms in total. The van der Waals surface area contributed by atoms with Crippen LogP contribution >= 0.6 is 0 Å². The Kier molecular flexibility index (Phi) is 6.34. The van der Waals surface area contributed by atoms with Gasteiger partial charge in [0.15, 0.2) is 0 Å². The van der Waals surface area contributed by atoms with Gasteiger partial charge in [-0.15, -0.1) is 0 Å². The van der Waals surface area contributed by atoms with Crippen molar-refractivity contribution in [3.8, 4) is 22.6 Å². The van der Waals surface area contributed by atoms with Crippen molar-refractivity contribution in [1.82, 2.24) is 19.4 Å². The quantitative estimate of drug-likeness (QED) is 0.402. The van der Waals surface area contributed by atoms with Gasteiger partial charge in [-0.05, 0) is 68.5 Å². The molecular formula is C29H33N5O2. The minimum atomic E-state index is 0.358. The fraction of sp³-hybridized carbons (Fsp3) is 0.379. The molecule has 2 fully saturated rings. The summed E-state index contributed by atoms with van der Waals surface area (Å²) < 4.78 is 14.4. The molecule has 1 aliphatic heterocycles. The van der Waals surface area contributed by atoms with Crippen molar-refractivity contribution in [2.45, 2.75) is 37.8 Å². The second-order valence-electron chi connectivity index (χ2n) is 10.1. The van der Waals surface area contributed by atoms with Crippen LogP contribution in [0.5, 0.6) is 11.5 Å². The molecule has 1 aliphatic carbocycles. The largest absolute Gasteiger partial charge is 0.457 e. The van der Waals surface area contributed by atoms with E-state index in [1.54, 1.807) is 6.33 Å². The molecule has 2 aliphatic rings. The number of rotatable bonds is 5. The molecule has 4 aromatic rings. The number of benzene rings is 2. The van der Waals surface area contributed by atoms with E-state index < -0.39 is 0 Å². The normalized spacial score (nSPS) is 23.1. The molecule has 36 heavy (non-hydrogen) atoms. The highest BCUT2D eigenvalue weighted by atomic mass is 16.5. The zero-order chi connectivity index (χ0) is 24.5. The summed E-state index contributed by atoms with van der Waals surface area (Å²) in [4.78, 5) is 11.4. The van der Waals surface area contributed by atoms with E-state index in [1.165, 1.54) is 12.8 Å². The first-order valence-corrected chi connectivity index (χ1v) is 12.9. The van der Waals surface area contributed by atoms with Crippen molar-refractivity contribution in [3.63, 3.8) is 0 Å². The molecule has 7 heteroatoms. The van der Waals surface area contributed by atoms with Crippen LogP contribution in [0.1, 0.15) is 31.7 Å². The zero-order valence-electron chi connectivity index (χ0n) is 20.7. The number of nitrogen functional groups attached to an aromatic ring is 1. The van der Waals surface area contributed by atoms with E-state index in [1.807, 2.05) is 42.5 Å². The average Bonchev–Trinajstić information content (AvgIpc) is 3.31. The van der Waals surface area contributed by atoms with Crippen molar-refractivity contribution in [2.75, 3.05) is 32.5 Å². The summed E-state index contributed by atoms with van der Waals surface area (Å²) in [5, 5.41) is 0.925. The Morgan fingerprint density at radius 2 is 1.69 bits per heavy atom. The second kappa shape index (κ2) is 9.91. The SMILES string of the molecule is CN1CCOC(C2CCC(n3cc(-c4ccc(Oc5ccccc5)cc4)c4c(N)ncnc43)CC2)C1. The number of hydrogen-bond acceptors (Lipinski definition) is 6. The Morgan fingerprint density at radius 1 is 0.944 bits per heavy atom. The molecule has 1 unspecified atom stereocenters. The fourth-order valence-electron chi connectivity index (χ4n) is 5.78. The lowest BCUT2D eigenvalue weighted by molar-refractivity contribution is -0.0599. The first-order chi connectivity index (χ1) is 17.7. The Morgan fingerprint density at radius 3 is 2.44 bits per heavy atom. The molecule has 2 N–H and O–H groups in total. The van der Waals surface area contributed by atoms with Crippen LogP contribution in [0.15, 0.2) is 67.1 Å². The maximum absolute atomic E-state index is 6.39. The maximum atomic E-state index is 6.39. The molecule has 0 radical (unpaired) electrons. The lowest BCUT2D eigenvalue weighted by atomic mass is 9.82. The Labute approximate surface area is 211 Å². The van der Waals surface area contributed by atoms with Gasteiger partial charge < -0.3 is 24.7 Å². The summed E-state index contributed by atoms with van der Waals surface area (Å²) in [6.07, 6.45) is 8.73. The summed E-state index contributed by atoms with van der Waals surface area (Å²) in [5.41, 5.74) is 9.45. The van der Waals surface area contributed by atoms with E-state index in [2.05, 4.69) is 44.8 Å². The van der Waals surface area contributed by atoms with Gasteiger partial charge in [0.1, 0.15) is 29.3 Å². The summed E-state index contributed by atoms with van der Waals surface area (Å²) >= 11 is 0. The zero-order valence-corrected chi connectivity index (χ0v) is 20.7. The maximum Gasteiger partial charge on any atom is 0.146 e. The molecule has 2 aromatic carbocycles. The van der Waals surface area contributed by atoms with Crippen LogP contribution in [-0.2, 0) is 4.74 Å². The summed E-state index contributed by atoms with van der Waals surface area (Å²) in [5.74, 6) is 2.76. The van der Waals surface area contributed by atoms with E-state index in [-0.39, 0.29) is 0 Å². The van der Waals surface area contributed by atoms with Gasteiger partial charge in [-0.25, -0.2) is 9.97 Å². The number of morpholine rings is 1. The molecule has 0 bridgehead atoms. The van der Waals surface area contributed by atoms with Crippen LogP contribution in [0, 0.1) is 5.92 Å². The van der Waals surface area contributed by atoms with Crippen molar-refractivity contribution >= 4 is 16.9 Å². The molecule has 1 saturated heterocycles. The Bertz CT molecular complexity index is 1310. The number of hydrogen-bond donors (Lipinski definition) is 1. The molecule has 2 aromatic heterocycles. The first kappa shape index (κ1) is 23.0. The van der Waals surface area contributed by atoms with Crippen molar-refractivity contribution in [3.05, 3.63) is 67.1 Å². The van der Waals surface area contributed by atoms with Gasteiger partial charge >= 0.3 is 0 Å². The number of para-hydroxylation sites is 1. The van der Waals surface area contributed by atoms with Crippen molar-refractivity contribution < 1.29 is 9.47 Å².